The Kier molecular flexibility index (Phi) is 5.41. The van der Waals surface area contributed by atoms with E-state index in [0.717, 1.165) is 0 Å². The van der Waals surface area contributed by atoms with Crippen LogP contribution in [0.1, 0.15) is 48.1 Å². The maximum atomic E-state index is 15.8. The van der Waals surface area contributed by atoms with Crippen LogP contribution < -0.4 is 4.90 Å². The summed E-state index contributed by atoms with van der Waals surface area (Å²) in [6.45, 7) is 0. The quantitative estimate of drug-likeness (QED) is 0.204. The molecule has 0 radical (unpaired) electrons. The molecule has 0 unspecified atom stereocenters. The number of carbonyl (C=O) groups excluding carboxylic acids is 3. The van der Waals surface area contributed by atoms with Gasteiger partial charge in [0.1, 0.15) is 23.1 Å². The fourth-order valence-electron chi connectivity index (χ4n) is 6.84. The van der Waals surface area contributed by atoms with Crippen LogP contribution in [0.5, 0.6) is 0 Å². The fourth-order valence-corrected chi connectivity index (χ4v) is 7.07. The van der Waals surface area contributed by atoms with Crippen molar-refractivity contribution in [3.05, 3.63) is 142 Å². The molecule has 1 aliphatic carbocycles. The number of anilines is 1. The lowest BCUT2D eigenvalue weighted by Gasteiger charge is -2.37. The third kappa shape index (κ3) is 3.14. The van der Waals surface area contributed by atoms with Crippen LogP contribution in [0.4, 0.5) is 14.5 Å². The smallest absolute Gasteiger partial charge is 0.187 e. The summed E-state index contributed by atoms with van der Waals surface area (Å²) in [7, 11) is 0. The molecule has 4 aromatic carbocycles. The van der Waals surface area contributed by atoms with E-state index >= 15 is 4.39 Å². The number of benzene rings is 4. The lowest BCUT2D eigenvalue weighted by molar-refractivity contribution is 0.0664. The van der Waals surface area contributed by atoms with Crippen molar-refractivity contribution in [1.82, 2.24) is 0 Å². The first kappa shape index (κ1) is 24.6. The zero-order chi connectivity index (χ0) is 27.8. The molecule has 3 aliphatic rings. The van der Waals surface area contributed by atoms with Crippen LogP contribution in [0.25, 0.3) is 6.08 Å². The number of carbonyl (C=O) groups is 3. The predicted molar refractivity (Wildman–Crippen MR) is 148 cm³/mol. The molecule has 40 heavy (non-hydrogen) atoms. The van der Waals surface area contributed by atoms with Gasteiger partial charge in [0, 0.05) is 33.9 Å². The number of rotatable bonds is 3. The Morgan fingerprint density at radius 3 is 2.17 bits per heavy atom. The highest BCUT2D eigenvalue weighted by molar-refractivity contribution is 6.35. The molecule has 0 aromatic heterocycles. The monoisotopic (exact) mass is 551 g/mol. The normalized spacial score (nSPS) is 21.9. The van der Waals surface area contributed by atoms with E-state index in [-0.39, 0.29) is 27.3 Å². The molecular formula is C33H20ClF2NO3. The van der Waals surface area contributed by atoms with Gasteiger partial charge in [0.25, 0.3) is 0 Å². The van der Waals surface area contributed by atoms with Crippen molar-refractivity contribution < 1.29 is 23.2 Å². The summed E-state index contributed by atoms with van der Waals surface area (Å²) in [4.78, 5) is 45.3. The first-order valence-electron chi connectivity index (χ1n) is 12.8. The molecule has 1 saturated heterocycles. The van der Waals surface area contributed by atoms with Gasteiger partial charge in [-0.05, 0) is 42.0 Å². The molecule has 0 saturated carbocycles. The summed E-state index contributed by atoms with van der Waals surface area (Å²) < 4.78 is 30.1. The molecule has 0 bridgehead atoms. The topological polar surface area (TPSA) is 54.5 Å². The Morgan fingerprint density at radius 1 is 0.825 bits per heavy atom. The van der Waals surface area contributed by atoms with Crippen LogP contribution in [-0.4, -0.2) is 29.4 Å². The first-order valence-corrected chi connectivity index (χ1v) is 13.2. The Balaban J connectivity index is 1.58. The van der Waals surface area contributed by atoms with E-state index in [1.165, 1.54) is 36.4 Å². The van der Waals surface area contributed by atoms with Gasteiger partial charge < -0.3 is 4.90 Å². The number of hydrogen-bond donors (Lipinski definition) is 0. The minimum absolute atomic E-state index is 0.0777. The van der Waals surface area contributed by atoms with Gasteiger partial charge in [-0.1, -0.05) is 78.4 Å². The number of ketones is 3. The minimum Gasteiger partial charge on any atom is -0.352 e. The van der Waals surface area contributed by atoms with Crippen LogP contribution in [0.2, 0.25) is 5.02 Å². The molecule has 2 heterocycles. The van der Waals surface area contributed by atoms with Crippen molar-refractivity contribution >= 4 is 40.7 Å². The van der Waals surface area contributed by atoms with Crippen molar-refractivity contribution in [3.8, 4) is 0 Å². The summed E-state index contributed by atoms with van der Waals surface area (Å²) in [5.41, 5.74) is -0.178. The second-order valence-electron chi connectivity index (χ2n) is 10.3. The van der Waals surface area contributed by atoms with Crippen LogP contribution >= 0.6 is 11.6 Å². The maximum Gasteiger partial charge on any atom is 0.187 e. The average molecular weight is 552 g/mol. The average Bonchev–Trinajstić information content (AvgIpc) is 3.39. The number of hydrogen-bond acceptors (Lipinski definition) is 4. The van der Waals surface area contributed by atoms with Crippen molar-refractivity contribution in [1.29, 1.82) is 0 Å². The highest BCUT2D eigenvalue weighted by Gasteiger charge is 2.72. The van der Waals surface area contributed by atoms with Gasteiger partial charge in [-0.2, -0.15) is 0 Å². The summed E-state index contributed by atoms with van der Waals surface area (Å²) >= 11 is 6.49. The van der Waals surface area contributed by atoms with Crippen molar-refractivity contribution in [2.75, 3.05) is 4.90 Å². The van der Waals surface area contributed by atoms with E-state index in [1.807, 2.05) is 0 Å². The summed E-state index contributed by atoms with van der Waals surface area (Å²) in [5.74, 6) is -3.74. The van der Waals surface area contributed by atoms with Crippen LogP contribution in [0.3, 0.4) is 0 Å². The minimum atomic E-state index is -1.85. The molecule has 1 spiro atoms. The zero-order valence-electron chi connectivity index (χ0n) is 20.9. The third-order valence-electron chi connectivity index (χ3n) is 8.41. The van der Waals surface area contributed by atoms with Gasteiger partial charge in [-0.25, -0.2) is 8.78 Å². The summed E-state index contributed by atoms with van der Waals surface area (Å²) in [6, 6.07) is 20.9. The van der Waals surface area contributed by atoms with Gasteiger partial charge in [0.2, 0.25) is 0 Å². The number of fused-ring (bicyclic) bond motifs is 5. The SMILES string of the molecule is O=C(c1ccccc1Cl)[C@@H]1[C@H](c2ccccc2F)C2(C(=O)c3ccccc3C2=O)[C@H]2C=Cc3cc(F)ccc3N12. The van der Waals surface area contributed by atoms with Gasteiger partial charge in [-0.3, -0.25) is 14.4 Å². The Labute approximate surface area is 233 Å². The first-order chi connectivity index (χ1) is 19.4. The molecule has 3 atom stereocenters. The van der Waals surface area contributed by atoms with Crippen LogP contribution in [0, 0.1) is 17.0 Å². The summed E-state index contributed by atoms with van der Waals surface area (Å²) in [6.07, 6.45) is 3.32. The molecule has 2 aliphatic heterocycles. The Bertz CT molecular complexity index is 1760. The highest BCUT2D eigenvalue weighted by Crippen LogP contribution is 2.61. The molecule has 7 rings (SSSR count). The second kappa shape index (κ2) is 8.80. The molecule has 1 fully saturated rings. The highest BCUT2D eigenvalue weighted by atomic mass is 35.5. The van der Waals surface area contributed by atoms with Crippen LogP contribution in [-0.2, 0) is 0 Å². The Hall–Kier alpha value is -4.42. The lowest BCUT2D eigenvalue weighted by atomic mass is 9.64. The molecule has 196 valence electrons. The van der Waals surface area contributed by atoms with Gasteiger partial charge in [0.15, 0.2) is 17.3 Å². The van der Waals surface area contributed by atoms with Crippen molar-refractivity contribution in [2.45, 2.75) is 18.0 Å². The molecule has 0 N–H and O–H groups in total. The molecule has 7 heteroatoms. The van der Waals surface area contributed by atoms with Crippen molar-refractivity contribution in [3.63, 3.8) is 0 Å². The summed E-state index contributed by atoms with van der Waals surface area (Å²) in [5, 5.41) is 0.191. The number of nitrogens with zero attached hydrogens (tertiary/aromatic N) is 1. The standard InChI is InChI=1S/C33H20ClF2NO3/c34-24-11-5-3-9-22(24)30(38)29-28(23-10-4-6-12-25(23)36)33(31(39)20-7-1-2-8-21(20)32(33)40)27-16-13-18-17-19(35)14-15-26(18)37(27)29/h1-17,27-29H/t27-,28+,29+/m1/s1. The van der Waals surface area contributed by atoms with E-state index in [2.05, 4.69) is 0 Å². The van der Waals surface area contributed by atoms with Gasteiger partial charge >= 0.3 is 0 Å². The molecule has 4 aromatic rings. The van der Waals surface area contributed by atoms with E-state index in [1.54, 1.807) is 71.6 Å². The predicted octanol–water partition coefficient (Wildman–Crippen LogP) is 6.93. The molecule has 0 amide bonds. The number of Topliss-reactive ketones (excluding diaryl/α,β-unsaturated/α-hetero) is 3. The van der Waals surface area contributed by atoms with E-state index in [0.29, 0.717) is 11.3 Å². The molecule has 4 nitrogen and oxygen atoms in total. The van der Waals surface area contributed by atoms with Crippen molar-refractivity contribution in [2.24, 2.45) is 5.41 Å². The zero-order valence-corrected chi connectivity index (χ0v) is 21.6. The van der Waals surface area contributed by atoms with E-state index in [4.69, 9.17) is 11.6 Å². The van der Waals surface area contributed by atoms with E-state index < -0.39 is 52.4 Å². The van der Waals surface area contributed by atoms with E-state index in [9.17, 15) is 18.8 Å². The largest absolute Gasteiger partial charge is 0.352 e. The van der Waals surface area contributed by atoms with Gasteiger partial charge in [-0.15, -0.1) is 0 Å². The maximum absolute atomic E-state index is 15.8. The fraction of sp³-hybridized carbons (Fsp3) is 0.121. The van der Waals surface area contributed by atoms with Gasteiger partial charge in [0.05, 0.1) is 11.1 Å². The Morgan fingerprint density at radius 2 is 1.48 bits per heavy atom. The van der Waals surface area contributed by atoms with Crippen LogP contribution in [0.15, 0.2) is 97.1 Å². The molecular weight excluding hydrogens is 532 g/mol. The lowest BCUT2D eigenvalue weighted by Crippen LogP contribution is -2.48. The third-order valence-corrected chi connectivity index (χ3v) is 8.74. The second-order valence-corrected chi connectivity index (χ2v) is 10.7. The number of halogens is 3.